The van der Waals surface area contributed by atoms with Crippen LogP contribution >= 0.6 is 0 Å². The topological polar surface area (TPSA) is 58.6 Å². The lowest BCUT2D eigenvalue weighted by Gasteiger charge is -2.17. The molecule has 0 saturated carbocycles. The first-order valence-corrected chi connectivity index (χ1v) is 9.58. The van der Waals surface area contributed by atoms with Gasteiger partial charge in [0.05, 0.1) is 7.11 Å². The van der Waals surface area contributed by atoms with Gasteiger partial charge in [-0.3, -0.25) is 9.59 Å². The summed E-state index contributed by atoms with van der Waals surface area (Å²) in [6.07, 6.45) is 3.18. The Morgan fingerprint density at radius 3 is 2.40 bits per heavy atom. The number of hydrogen-bond acceptors (Lipinski definition) is 3. The van der Waals surface area contributed by atoms with Crippen molar-refractivity contribution in [1.29, 1.82) is 0 Å². The van der Waals surface area contributed by atoms with Crippen LogP contribution in [0.4, 0.5) is 5.69 Å². The lowest BCUT2D eigenvalue weighted by molar-refractivity contribution is -0.111. The van der Waals surface area contributed by atoms with Crippen LogP contribution in [0.25, 0.3) is 6.08 Å². The molecular weight excluding hydrogens is 376 g/mol. The van der Waals surface area contributed by atoms with Crippen LogP contribution in [0.15, 0.2) is 84.9 Å². The fraction of sp³-hybridized carbons (Fsp3) is 0.120. The van der Waals surface area contributed by atoms with Crippen LogP contribution in [-0.2, 0) is 11.3 Å². The van der Waals surface area contributed by atoms with Crippen LogP contribution in [0.1, 0.15) is 21.5 Å². The van der Waals surface area contributed by atoms with E-state index >= 15 is 0 Å². The summed E-state index contributed by atoms with van der Waals surface area (Å²) in [7, 11) is 3.37. The van der Waals surface area contributed by atoms with E-state index in [1.165, 1.54) is 6.08 Å². The molecule has 2 amide bonds. The maximum Gasteiger partial charge on any atom is 0.253 e. The van der Waals surface area contributed by atoms with E-state index in [1.807, 2.05) is 54.6 Å². The minimum atomic E-state index is -0.270. The molecule has 0 aromatic heterocycles. The highest BCUT2D eigenvalue weighted by molar-refractivity contribution is 6.03. The molecule has 0 radical (unpaired) electrons. The third kappa shape index (κ3) is 5.82. The highest BCUT2D eigenvalue weighted by atomic mass is 16.5. The van der Waals surface area contributed by atoms with Crippen molar-refractivity contribution in [2.75, 3.05) is 19.5 Å². The normalized spacial score (nSPS) is 10.6. The number of carbonyl (C=O) groups excluding carboxylic acids is 2. The minimum Gasteiger partial charge on any atom is -0.497 e. The third-order valence-electron chi connectivity index (χ3n) is 4.53. The zero-order chi connectivity index (χ0) is 21.3. The summed E-state index contributed by atoms with van der Waals surface area (Å²) >= 11 is 0. The Morgan fingerprint density at radius 2 is 1.70 bits per heavy atom. The smallest absolute Gasteiger partial charge is 0.253 e. The van der Waals surface area contributed by atoms with Gasteiger partial charge in [0.2, 0.25) is 5.91 Å². The Hall–Kier alpha value is -3.86. The summed E-state index contributed by atoms with van der Waals surface area (Å²) in [5.41, 5.74) is 3.03. The van der Waals surface area contributed by atoms with Crippen LogP contribution < -0.4 is 10.1 Å². The van der Waals surface area contributed by atoms with Gasteiger partial charge in [0.1, 0.15) is 5.75 Å². The number of carbonyl (C=O) groups is 2. The predicted octanol–water partition coefficient (Wildman–Crippen LogP) is 4.62. The number of hydrogen-bond donors (Lipinski definition) is 1. The largest absolute Gasteiger partial charge is 0.497 e. The molecule has 0 aliphatic rings. The second-order valence-electron chi connectivity index (χ2n) is 6.82. The molecule has 30 heavy (non-hydrogen) atoms. The van der Waals surface area contributed by atoms with Gasteiger partial charge in [0, 0.05) is 30.9 Å². The van der Waals surface area contributed by atoms with Gasteiger partial charge in [-0.2, -0.15) is 0 Å². The maximum atomic E-state index is 12.7. The molecule has 5 heteroatoms. The van der Waals surface area contributed by atoms with Gasteiger partial charge in [0.15, 0.2) is 0 Å². The van der Waals surface area contributed by atoms with Crippen molar-refractivity contribution in [2.45, 2.75) is 6.54 Å². The first-order chi connectivity index (χ1) is 14.5. The Kier molecular flexibility index (Phi) is 7.00. The van der Waals surface area contributed by atoms with Crippen molar-refractivity contribution >= 4 is 23.6 Å². The second-order valence-corrected chi connectivity index (χ2v) is 6.82. The average Bonchev–Trinajstić information content (AvgIpc) is 2.78. The van der Waals surface area contributed by atoms with E-state index < -0.39 is 0 Å². The summed E-state index contributed by atoms with van der Waals surface area (Å²) in [4.78, 5) is 26.6. The van der Waals surface area contributed by atoms with Crippen LogP contribution in [0.5, 0.6) is 5.75 Å². The predicted molar refractivity (Wildman–Crippen MR) is 119 cm³/mol. The molecule has 0 bridgehead atoms. The number of ether oxygens (including phenoxy) is 1. The van der Waals surface area contributed by atoms with Gasteiger partial charge in [-0.15, -0.1) is 0 Å². The van der Waals surface area contributed by atoms with Gasteiger partial charge >= 0.3 is 0 Å². The molecule has 0 saturated heterocycles. The Bertz CT molecular complexity index is 1030. The number of rotatable bonds is 7. The molecule has 0 spiro atoms. The summed E-state index contributed by atoms with van der Waals surface area (Å²) < 4.78 is 5.12. The number of nitrogens with zero attached hydrogens (tertiary/aromatic N) is 1. The number of benzene rings is 3. The van der Waals surface area contributed by atoms with Crippen molar-refractivity contribution in [1.82, 2.24) is 4.90 Å². The van der Waals surface area contributed by atoms with Gasteiger partial charge in [-0.25, -0.2) is 0 Å². The van der Waals surface area contributed by atoms with Gasteiger partial charge < -0.3 is 15.0 Å². The molecule has 0 unspecified atom stereocenters. The molecule has 1 N–H and O–H groups in total. The molecule has 152 valence electrons. The molecule has 5 nitrogen and oxygen atoms in total. The lowest BCUT2D eigenvalue weighted by Crippen LogP contribution is -2.26. The quantitative estimate of drug-likeness (QED) is 0.589. The van der Waals surface area contributed by atoms with Gasteiger partial charge in [0.25, 0.3) is 5.91 Å². The maximum absolute atomic E-state index is 12.7. The number of amides is 2. The highest BCUT2D eigenvalue weighted by Gasteiger charge is 2.13. The molecule has 0 aliphatic heterocycles. The Morgan fingerprint density at radius 1 is 0.967 bits per heavy atom. The van der Waals surface area contributed by atoms with Crippen molar-refractivity contribution in [2.24, 2.45) is 0 Å². The van der Waals surface area contributed by atoms with Crippen LogP contribution in [0.3, 0.4) is 0 Å². The van der Waals surface area contributed by atoms with Crippen molar-refractivity contribution in [3.63, 3.8) is 0 Å². The van der Waals surface area contributed by atoms with Crippen molar-refractivity contribution in [3.8, 4) is 5.75 Å². The molecular formula is C25H24N2O3. The summed E-state index contributed by atoms with van der Waals surface area (Å²) in [5.74, 6) is 0.382. The molecule has 3 aromatic carbocycles. The summed E-state index contributed by atoms with van der Waals surface area (Å²) in [6.45, 7) is 0.515. The zero-order valence-electron chi connectivity index (χ0n) is 17.0. The first kappa shape index (κ1) is 20.9. The van der Waals surface area contributed by atoms with Crippen LogP contribution in [0, 0.1) is 0 Å². The molecule has 0 fully saturated rings. The fourth-order valence-electron chi connectivity index (χ4n) is 2.95. The molecule has 0 atom stereocenters. The molecule has 0 aliphatic carbocycles. The van der Waals surface area contributed by atoms with E-state index in [4.69, 9.17) is 4.74 Å². The minimum absolute atomic E-state index is 0.108. The SMILES string of the molecule is COc1ccc(/C=C/C(=O)Nc2cccc(C(=O)N(C)Cc3ccccc3)c2)cc1. The van der Waals surface area contributed by atoms with E-state index in [0.29, 0.717) is 17.8 Å². The molecule has 3 rings (SSSR count). The van der Waals surface area contributed by atoms with Crippen LogP contribution in [-0.4, -0.2) is 30.9 Å². The van der Waals surface area contributed by atoms with Crippen molar-refractivity contribution in [3.05, 3.63) is 102 Å². The van der Waals surface area contributed by atoms with Gasteiger partial charge in [-0.05, 0) is 47.5 Å². The Labute approximate surface area is 176 Å². The monoisotopic (exact) mass is 400 g/mol. The number of methoxy groups -OCH3 is 1. The highest BCUT2D eigenvalue weighted by Crippen LogP contribution is 2.15. The second kappa shape index (κ2) is 10.1. The van der Waals surface area contributed by atoms with E-state index in [0.717, 1.165) is 16.9 Å². The van der Waals surface area contributed by atoms with E-state index in [1.54, 1.807) is 49.4 Å². The molecule has 3 aromatic rings. The molecule has 0 heterocycles. The first-order valence-electron chi connectivity index (χ1n) is 9.58. The zero-order valence-corrected chi connectivity index (χ0v) is 17.0. The third-order valence-corrected chi connectivity index (χ3v) is 4.53. The summed E-state index contributed by atoms with van der Waals surface area (Å²) in [6, 6.07) is 24.1. The average molecular weight is 400 g/mol. The van der Waals surface area contributed by atoms with E-state index in [-0.39, 0.29) is 11.8 Å². The van der Waals surface area contributed by atoms with Crippen LogP contribution in [0.2, 0.25) is 0 Å². The van der Waals surface area contributed by atoms with E-state index in [9.17, 15) is 9.59 Å². The van der Waals surface area contributed by atoms with Gasteiger partial charge in [-0.1, -0.05) is 48.5 Å². The van der Waals surface area contributed by atoms with Crippen molar-refractivity contribution < 1.29 is 14.3 Å². The lowest BCUT2D eigenvalue weighted by atomic mass is 10.1. The number of anilines is 1. The fourth-order valence-corrected chi connectivity index (χ4v) is 2.95. The summed E-state index contributed by atoms with van der Waals surface area (Å²) in [5, 5.41) is 2.80. The number of nitrogens with one attached hydrogen (secondary N) is 1. The standard InChI is InChI=1S/C25H24N2O3/c1-27(18-20-7-4-3-5-8-20)25(29)21-9-6-10-22(17-21)26-24(28)16-13-19-11-14-23(30-2)15-12-19/h3-17H,18H2,1-2H3,(H,26,28)/b16-13+. The van der Waals surface area contributed by atoms with E-state index in [2.05, 4.69) is 5.32 Å². The Balaban J connectivity index is 1.62.